The van der Waals surface area contributed by atoms with Crippen LogP contribution in [0.25, 0.3) is 17.1 Å². The number of amides is 1. The minimum Gasteiger partial charge on any atom is -0.495 e. The first-order valence-corrected chi connectivity index (χ1v) is 10.7. The summed E-state index contributed by atoms with van der Waals surface area (Å²) >= 11 is 7.72. The van der Waals surface area contributed by atoms with E-state index in [1.807, 2.05) is 66.9 Å². The Labute approximate surface area is 179 Å². The quantitative estimate of drug-likeness (QED) is 0.490. The van der Waals surface area contributed by atoms with E-state index >= 15 is 0 Å². The van der Waals surface area contributed by atoms with Crippen LogP contribution in [0.2, 0.25) is 5.02 Å². The lowest BCUT2D eigenvalue weighted by molar-refractivity contribution is -0.127. The van der Waals surface area contributed by atoms with Gasteiger partial charge in [-0.2, -0.15) is 0 Å². The normalized spacial score (nSPS) is 10.8. The molecule has 3 aromatic rings. The highest BCUT2D eigenvalue weighted by Gasteiger charge is 2.19. The molecule has 0 fully saturated rings. The van der Waals surface area contributed by atoms with Crippen LogP contribution in [0.3, 0.4) is 0 Å². The van der Waals surface area contributed by atoms with Gasteiger partial charge in [-0.15, -0.1) is 10.2 Å². The summed E-state index contributed by atoms with van der Waals surface area (Å²) in [7, 11) is 1.58. The van der Waals surface area contributed by atoms with Crippen molar-refractivity contribution in [3.8, 4) is 22.8 Å². The van der Waals surface area contributed by atoms with Crippen molar-refractivity contribution in [1.29, 1.82) is 0 Å². The lowest BCUT2D eigenvalue weighted by Gasteiger charge is -2.18. The maximum atomic E-state index is 12.5. The van der Waals surface area contributed by atoms with Crippen LogP contribution in [0, 0.1) is 0 Å². The molecular formula is C21H23ClN4O2S. The number of rotatable bonds is 8. The number of nitrogens with zero attached hydrogens (tertiary/aromatic N) is 4. The molecule has 0 saturated carbocycles. The first-order valence-electron chi connectivity index (χ1n) is 9.34. The predicted molar refractivity (Wildman–Crippen MR) is 117 cm³/mol. The van der Waals surface area contributed by atoms with Gasteiger partial charge in [-0.1, -0.05) is 53.7 Å². The zero-order chi connectivity index (χ0) is 20.8. The van der Waals surface area contributed by atoms with Crippen LogP contribution in [-0.2, 0) is 4.79 Å². The smallest absolute Gasteiger partial charge is 0.233 e. The fourth-order valence-corrected chi connectivity index (χ4v) is 4.07. The highest BCUT2D eigenvalue weighted by molar-refractivity contribution is 7.99. The summed E-state index contributed by atoms with van der Waals surface area (Å²) in [6.07, 6.45) is 0. The van der Waals surface area contributed by atoms with E-state index in [4.69, 9.17) is 16.3 Å². The van der Waals surface area contributed by atoms with Crippen LogP contribution in [0.1, 0.15) is 13.8 Å². The molecule has 0 aliphatic heterocycles. The van der Waals surface area contributed by atoms with E-state index in [1.165, 1.54) is 11.8 Å². The van der Waals surface area contributed by atoms with Crippen LogP contribution in [0.4, 0.5) is 0 Å². The Balaban J connectivity index is 2.00. The summed E-state index contributed by atoms with van der Waals surface area (Å²) in [5, 5.41) is 9.87. The minimum absolute atomic E-state index is 0.0728. The molecule has 0 bridgehead atoms. The molecule has 3 rings (SSSR count). The van der Waals surface area contributed by atoms with Crippen molar-refractivity contribution < 1.29 is 9.53 Å². The molecule has 1 heterocycles. The van der Waals surface area contributed by atoms with Gasteiger partial charge in [-0.25, -0.2) is 0 Å². The molecule has 1 aromatic heterocycles. The number of benzene rings is 2. The van der Waals surface area contributed by atoms with Gasteiger partial charge in [0.15, 0.2) is 11.0 Å². The number of aromatic nitrogens is 3. The number of hydrogen-bond donors (Lipinski definition) is 0. The molecule has 0 spiro atoms. The fourth-order valence-electron chi connectivity index (χ4n) is 2.96. The predicted octanol–water partition coefficient (Wildman–Crippen LogP) is 4.56. The minimum atomic E-state index is 0.0728. The second-order valence-corrected chi connectivity index (χ2v) is 7.53. The van der Waals surface area contributed by atoms with Crippen molar-refractivity contribution >= 4 is 29.3 Å². The zero-order valence-electron chi connectivity index (χ0n) is 16.6. The second kappa shape index (κ2) is 9.80. The molecule has 1 amide bonds. The number of ether oxygens (including phenoxy) is 1. The molecule has 8 heteroatoms. The molecule has 0 atom stereocenters. The average Bonchev–Trinajstić information content (AvgIpc) is 3.17. The van der Waals surface area contributed by atoms with E-state index in [0.29, 0.717) is 40.6 Å². The second-order valence-electron chi connectivity index (χ2n) is 6.18. The lowest BCUT2D eigenvalue weighted by atomic mass is 10.2. The summed E-state index contributed by atoms with van der Waals surface area (Å²) in [5.41, 5.74) is 1.73. The topological polar surface area (TPSA) is 60.2 Å². The number of thioether (sulfide) groups is 1. The van der Waals surface area contributed by atoms with Gasteiger partial charge in [-0.3, -0.25) is 9.36 Å². The SMILES string of the molecule is CCN(CC)C(=O)CSc1nnc(-c2ccccc2)n1-c1ccc(OC)c(Cl)c1. The van der Waals surface area contributed by atoms with E-state index in [1.54, 1.807) is 12.0 Å². The molecule has 6 nitrogen and oxygen atoms in total. The molecule has 0 aliphatic rings. The molecule has 29 heavy (non-hydrogen) atoms. The lowest BCUT2D eigenvalue weighted by Crippen LogP contribution is -2.31. The maximum Gasteiger partial charge on any atom is 0.233 e. The van der Waals surface area contributed by atoms with Crippen molar-refractivity contribution in [1.82, 2.24) is 19.7 Å². The van der Waals surface area contributed by atoms with Crippen LogP contribution in [0.15, 0.2) is 53.7 Å². The maximum absolute atomic E-state index is 12.5. The Hall–Kier alpha value is -2.51. The van der Waals surface area contributed by atoms with Crippen molar-refractivity contribution in [2.24, 2.45) is 0 Å². The Kier molecular flexibility index (Phi) is 7.17. The third kappa shape index (κ3) is 4.74. The van der Waals surface area contributed by atoms with Crippen LogP contribution >= 0.6 is 23.4 Å². The highest BCUT2D eigenvalue weighted by Crippen LogP contribution is 2.32. The monoisotopic (exact) mass is 430 g/mol. The van der Waals surface area contributed by atoms with Gasteiger partial charge in [0.05, 0.1) is 23.6 Å². The van der Waals surface area contributed by atoms with Crippen LogP contribution < -0.4 is 4.74 Å². The number of carbonyl (C=O) groups is 1. The first kappa shape index (κ1) is 21.2. The molecule has 2 aromatic carbocycles. The largest absolute Gasteiger partial charge is 0.495 e. The summed E-state index contributed by atoms with van der Waals surface area (Å²) in [6, 6.07) is 15.3. The molecule has 0 saturated heterocycles. The van der Waals surface area contributed by atoms with Crippen molar-refractivity contribution in [2.45, 2.75) is 19.0 Å². The van der Waals surface area contributed by atoms with Gasteiger partial charge in [-0.05, 0) is 32.0 Å². The molecule has 0 unspecified atom stereocenters. The third-order valence-electron chi connectivity index (χ3n) is 4.50. The summed E-state index contributed by atoms with van der Waals surface area (Å²) in [6.45, 7) is 5.32. The molecule has 0 N–H and O–H groups in total. The molecule has 0 aliphatic carbocycles. The number of methoxy groups -OCH3 is 1. The standard InChI is InChI=1S/C21H23ClN4O2S/c1-4-25(5-2)19(27)14-29-21-24-23-20(15-9-7-6-8-10-15)26(21)16-11-12-18(28-3)17(22)13-16/h6-13H,4-5,14H2,1-3H3. The molecular weight excluding hydrogens is 408 g/mol. The van der Waals surface area contributed by atoms with Gasteiger partial charge in [0.25, 0.3) is 0 Å². The highest BCUT2D eigenvalue weighted by atomic mass is 35.5. The van der Waals surface area contributed by atoms with Gasteiger partial charge in [0, 0.05) is 18.7 Å². The average molecular weight is 431 g/mol. The van der Waals surface area contributed by atoms with E-state index in [-0.39, 0.29) is 5.91 Å². The van der Waals surface area contributed by atoms with Gasteiger partial charge in [0.1, 0.15) is 5.75 Å². The van der Waals surface area contributed by atoms with E-state index in [9.17, 15) is 4.79 Å². The van der Waals surface area contributed by atoms with Crippen LogP contribution in [0.5, 0.6) is 5.75 Å². The van der Waals surface area contributed by atoms with E-state index in [2.05, 4.69) is 10.2 Å². The Morgan fingerprint density at radius 2 is 1.86 bits per heavy atom. The fraction of sp³-hybridized carbons (Fsp3) is 0.286. The molecule has 0 radical (unpaired) electrons. The summed E-state index contributed by atoms with van der Waals surface area (Å²) in [5.74, 6) is 1.64. The number of carbonyl (C=O) groups excluding carboxylic acids is 1. The number of hydrogen-bond acceptors (Lipinski definition) is 5. The Morgan fingerprint density at radius 3 is 2.48 bits per heavy atom. The van der Waals surface area contributed by atoms with Crippen LogP contribution in [-0.4, -0.2) is 51.5 Å². The Bertz CT molecular complexity index is 974. The Morgan fingerprint density at radius 1 is 1.14 bits per heavy atom. The van der Waals surface area contributed by atoms with E-state index in [0.717, 1.165) is 11.3 Å². The summed E-state index contributed by atoms with van der Waals surface area (Å²) < 4.78 is 7.18. The van der Waals surface area contributed by atoms with E-state index < -0.39 is 0 Å². The first-order chi connectivity index (χ1) is 14.1. The molecule has 152 valence electrons. The van der Waals surface area contributed by atoms with Gasteiger partial charge < -0.3 is 9.64 Å². The van der Waals surface area contributed by atoms with Crippen molar-refractivity contribution in [3.63, 3.8) is 0 Å². The van der Waals surface area contributed by atoms with Gasteiger partial charge in [0.2, 0.25) is 5.91 Å². The summed E-state index contributed by atoms with van der Waals surface area (Å²) in [4.78, 5) is 14.3. The van der Waals surface area contributed by atoms with Crippen molar-refractivity contribution in [3.05, 3.63) is 53.6 Å². The van der Waals surface area contributed by atoms with Crippen molar-refractivity contribution in [2.75, 3.05) is 26.0 Å². The third-order valence-corrected chi connectivity index (χ3v) is 5.71. The van der Waals surface area contributed by atoms with Gasteiger partial charge >= 0.3 is 0 Å². The zero-order valence-corrected chi connectivity index (χ0v) is 18.2. The number of halogens is 1.